The van der Waals surface area contributed by atoms with Crippen LogP contribution in [0.1, 0.15) is 33.6 Å². The SMILES string of the molecule is CCCC(C(=O)OCCl)C(C)C. The molecule has 0 aliphatic heterocycles. The Morgan fingerprint density at radius 3 is 2.42 bits per heavy atom. The van der Waals surface area contributed by atoms with Crippen LogP contribution in [-0.2, 0) is 9.53 Å². The highest BCUT2D eigenvalue weighted by Gasteiger charge is 2.22. The number of hydrogen-bond donors (Lipinski definition) is 0. The monoisotopic (exact) mass is 192 g/mol. The average molecular weight is 193 g/mol. The van der Waals surface area contributed by atoms with Gasteiger partial charge in [-0.25, -0.2) is 0 Å². The first-order valence-corrected chi connectivity index (χ1v) is 4.89. The summed E-state index contributed by atoms with van der Waals surface area (Å²) in [6.45, 7) is 6.11. The van der Waals surface area contributed by atoms with Gasteiger partial charge in [-0.2, -0.15) is 0 Å². The zero-order valence-corrected chi connectivity index (χ0v) is 8.73. The van der Waals surface area contributed by atoms with E-state index in [2.05, 4.69) is 6.92 Å². The lowest BCUT2D eigenvalue weighted by Crippen LogP contribution is -2.22. The third-order valence-electron chi connectivity index (χ3n) is 1.90. The van der Waals surface area contributed by atoms with Crippen LogP contribution in [0.5, 0.6) is 0 Å². The van der Waals surface area contributed by atoms with Crippen LogP contribution in [0.4, 0.5) is 0 Å². The second-order valence-corrected chi connectivity index (χ2v) is 3.43. The zero-order valence-electron chi connectivity index (χ0n) is 7.97. The lowest BCUT2D eigenvalue weighted by molar-refractivity contribution is -0.148. The topological polar surface area (TPSA) is 26.3 Å². The molecule has 0 rings (SSSR count). The van der Waals surface area contributed by atoms with Crippen molar-refractivity contribution >= 4 is 17.6 Å². The molecule has 0 saturated heterocycles. The Morgan fingerprint density at radius 2 is 2.08 bits per heavy atom. The maximum absolute atomic E-state index is 11.3. The van der Waals surface area contributed by atoms with Crippen molar-refractivity contribution in [1.29, 1.82) is 0 Å². The van der Waals surface area contributed by atoms with E-state index in [1.54, 1.807) is 0 Å². The van der Waals surface area contributed by atoms with Crippen LogP contribution < -0.4 is 0 Å². The quantitative estimate of drug-likeness (QED) is 0.495. The van der Waals surface area contributed by atoms with Crippen LogP contribution in [0.15, 0.2) is 0 Å². The fourth-order valence-corrected chi connectivity index (χ4v) is 1.30. The molecule has 1 atom stereocenters. The molecule has 72 valence electrons. The molecule has 0 amide bonds. The van der Waals surface area contributed by atoms with Crippen molar-refractivity contribution in [3.8, 4) is 0 Å². The molecule has 0 aromatic carbocycles. The molecule has 0 aromatic heterocycles. The van der Waals surface area contributed by atoms with E-state index in [0.717, 1.165) is 12.8 Å². The fourth-order valence-electron chi connectivity index (χ4n) is 1.20. The van der Waals surface area contributed by atoms with E-state index < -0.39 is 0 Å². The molecule has 0 radical (unpaired) electrons. The predicted octanol–water partition coefficient (Wildman–Crippen LogP) is 2.80. The Labute approximate surface area is 79.2 Å². The van der Waals surface area contributed by atoms with Gasteiger partial charge in [-0.05, 0) is 12.3 Å². The number of halogens is 1. The lowest BCUT2D eigenvalue weighted by Gasteiger charge is -2.17. The Kier molecular flexibility index (Phi) is 6.17. The number of alkyl halides is 1. The van der Waals surface area contributed by atoms with Crippen molar-refractivity contribution < 1.29 is 9.53 Å². The Balaban J connectivity index is 4.00. The van der Waals surface area contributed by atoms with Crippen molar-refractivity contribution in [2.75, 3.05) is 6.07 Å². The molecule has 0 bridgehead atoms. The smallest absolute Gasteiger partial charge is 0.310 e. The van der Waals surface area contributed by atoms with Gasteiger partial charge in [0.1, 0.15) is 0 Å². The summed E-state index contributed by atoms with van der Waals surface area (Å²) in [6.07, 6.45) is 1.88. The number of carbonyl (C=O) groups excluding carboxylic acids is 1. The van der Waals surface area contributed by atoms with Crippen LogP contribution in [0, 0.1) is 11.8 Å². The highest BCUT2D eigenvalue weighted by atomic mass is 35.5. The first-order valence-electron chi connectivity index (χ1n) is 4.36. The molecule has 0 saturated carbocycles. The van der Waals surface area contributed by atoms with E-state index in [0.29, 0.717) is 5.92 Å². The lowest BCUT2D eigenvalue weighted by atomic mass is 9.92. The molecule has 0 aromatic rings. The number of carbonyl (C=O) groups is 1. The van der Waals surface area contributed by atoms with Gasteiger partial charge < -0.3 is 4.74 Å². The minimum absolute atomic E-state index is 0.00810. The van der Waals surface area contributed by atoms with E-state index in [9.17, 15) is 4.79 Å². The van der Waals surface area contributed by atoms with Crippen LogP contribution in [0.25, 0.3) is 0 Å². The average Bonchev–Trinajstić information content (AvgIpc) is 1.99. The number of ether oxygens (including phenoxy) is 1. The molecular weight excluding hydrogens is 176 g/mol. The molecule has 12 heavy (non-hydrogen) atoms. The molecule has 0 spiro atoms. The zero-order chi connectivity index (χ0) is 9.56. The van der Waals surface area contributed by atoms with E-state index in [1.807, 2.05) is 13.8 Å². The van der Waals surface area contributed by atoms with Crippen molar-refractivity contribution in [3.05, 3.63) is 0 Å². The van der Waals surface area contributed by atoms with Gasteiger partial charge in [-0.3, -0.25) is 4.79 Å². The number of rotatable bonds is 5. The molecule has 2 nitrogen and oxygen atoms in total. The van der Waals surface area contributed by atoms with E-state index in [-0.39, 0.29) is 18.0 Å². The number of hydrogen-bond acceptors (Lipinski definition) is 2. The molecular formula is C9H17ClO2. The van der Waals surface area contributed by atoms with Gasteiger partial charge in [0.2, 0.25) is 0 Å². The minimum atomic E-state index is -0.165. The van der Waals surface area contributed by atoms with Gasteiger partial charge in [0.05, 0.1) is 5.92 Å². The fraction of sp³-hybridized carbons (Fsp3) is 0.889. The largest absolute Gasteiger partial charge is 0.449 e. The number of esters is 1. The molecule has 0 aliphatic carbocycles. The summed E-state index contributed by atoms with van der Waals surface area (Å²) in [5.74, 6) is 0.177. The Morgan fingerprint density at radius 1 is 1.50 bits per heavy atom. The van der Waals surface area contributed by atoms with E-state index in [4.69, 9.17) is 16.3 Å². The first kappa shape index (κ1) is 11.8. The maximum Gasteiger partial charge on any atom is 0.310 e. The summed E-state index contributed by atoms with van der Waals surface area (Å²) in [5.41, 5.74) is 0. The molecule has 0 fully saturated rings. The summed E-state index contributed by atoms with van der Waals surface area (Å²) in [6, 6.07) is -0.0359. The predicted molar refractivity (Wildman–Crippen MR) is 50.0 cm³/mol. The third-order valence-corrected chi connectivity index (χ3v) is 2.01. The second-order valence-electron chi connectivity index (χ2n) is 3.21. The normalized spacial score (nSPS) is 13.1. The third kappa shape index (κ3) is 3.96. The van der Waals surface area contributed by atoms with Crippen LogP contribution in [0.3, 0.4) is 0 Å². The van der Waals surface area contributed by atoms with Crippen molar-refractivity contribution in [3.63, 3.8) is 0 Å². The summed E-state index contributed by atoms with van der Waals surface area (Å²) >= 11 is 5.30. The standard InChI is InChI=1S/C9H17ClO2/c1-4-5-8(7(2)3)9(11)12-6-10/h7-8H,4-6H2,1-3H3. The van der Waals surface area contributed by atoms with Crippen molar-refractivity contribution in [1.82, 2.24) is 0 Å². The maximum atomic E-state index is 11.3. The van der Waals surface area contributed by atoms with E-state index in [1.165, 1.54) is 0 Å². The molecule has 1 unspecified atom stereocenters. The summed E-state index contributed by atoms with van der Waals surface area (Å²) < 4.78 is 4.74. The van der Waals surface area contributed by atoms with Gasteiger partial charge in [0.25, 0.3) is 0 Å². The van der Waals surface area contributed by atoms with Crippen LogP contribution >= 0.6 is 11.6 Å². The molecule has 3 heteroatoms. The molecule has 0 aliphatic rings. The summed E-state index contributed by atoms with van der Waals surface area (Å²) in [4.78, 5) is 11.3. The van der Waals surface area contributed by atoms with Crippen molar-refractivity contribution in [2.45, 2.75) is 33.6 Å². The van der Waals surface area contributed by atoms with Crippen LogP contribution in [0.2, 0.25) is 0 Å². The Bertz CT molecular complexity index is 134. The first-order chi connectivity index (χ1) is 5.63. The minimum Gasteiger partial charge on any atom is -0.449 e. The van der Waals surface area contributed by atoms with Gasteiger partial charge in [0, 0.05) is 0 Å². The Hall–Kier alpha value is -0.240. The second kappa shape index (κ2) is 6.30. The van der Waals surface area contributed by atoms with E-state index >= 15 is 0 Å². The molecule has 0 N–H and O–H groups in total. The summed E-state index contributed by atoms with van der Waals surface area (Å²) in [5, 5.41) is 0. The van der Waals surface area contributed by atoms with Gasteiger partial charge in [-0.1, -0.05) is 38.8 Å². The van der Waals surface area contributed by atoms with Crippen LogP contribution in [-0.4, -0.2) is 12.0 Å². The van der Waals surface area contributed by atoms with Gasteiger partial charge in [0.15, 0.2) is 6.07 Å². The summed E-state index contributed by atoms with van der Waals surface area (Å²) in [7, 11) is 0. The van der Waals surface area contributed by atoms with Gasteiger partial charge >= 0.3 is 5.97 Å². The highest BCUT2D eigenvalue weighted by molar-refractivity contribution is 6.17. The van der Waals surface area contributed by atoms with Crippen molar-refractivity contribution in [2.24, 2.45) is 11.8 Å². The van der Waals surface area contributed by atoms with Gasteiger partial charge in [-0.15, -0.1) is 0 Å². The highest BCUT2D eigenvalue weighted by Crippen LogP contribution is 2.18. The molecule has 0 heterocycles.